The van der Waals surface area contributed by atoms with Gasteiger partial charge in [0.05, 0.1) is 7.11 Å². The van der Waals surface area contributed by atoms with Crippen LogP contribution >= 0.6 is 0 Å². The molecule has 0 radical (unpaired) electrons. The van der Waals surface area contributed by atoms with Crippen LogP contribution in [0, 0.1) is 5.92 Å². The van der Waals surface area contributed by atoms with E-state index in [1.807, 2.05) is 0 Å². The van der Waals surface area contributed by atoms with E-state index in [4.69, 9.17) is 4.74 Å². The van der Waals surface area contributed by atoms with Crippen LogP contribution in [-0.2, 0) is 9.53 Å². The van der Waals surface area contributed by atoms with Crippen LogP contribution in [0.25, 0.3) is 0 Å². The van der Waals surface area contributed by atoms with Gasteiger partial charge in [-0.25, -0.2) is 4.79 Å². The van der Waals surface area contributed by atoms with Crippen molar-refractivity contribution in [1.82, 2.24) is 0 Å². The molecule has 3 aliphatic carbocycles. The topological polar surface area (TPSA) is 26.3 Å². The maximum atomic E-state index is 11.9. The molecule has 0 aromatic rings. The zero-order chi connectivity index (χ0) is 11.8. The summed E-state index contributed by atoms with van der Waals surface area (Å²) in [6.07, 6.45) is 9.58. The fourth-order valence-corrected chi connectivity index (χ4v) is 3.84. The molecule has 0 amide bonds. The van der Waals surface area contributed by atoms with Crippen molar-refractivity contribution in [3.63, 3.8) is 0 Å². The van der Waals surface area contributed by atoms with Gasteiger partial charge in [0, 0.05) is 5.57 Å². The summed E-state index contributed by atoms with van der Waals surface area (Å²) < 4.78 is 4.98. The molecule has 0 N–H and O–H groups in total. The molecule has 1 atom stereocenters. The lowest BCUT2D eigenvalue weighted by Gasteiger charge is -2.16. The van der Waals surface area contributed by atoms with Gasteiger partial charge in [-0.2, -0.15) is 0 Å². The van der Waals surface area contributed by atoms with E-state index in [-0.39, 0.29) is 5.97 Å². The summed E-state index contributed by atoms with van der Waals surface area (Å²) in [5.41, 5.74) is 5.59. The standard InChI is InChI=1S/C15H20O2/c1-17-15(16)13-7-3-2-5-11-9-10-6-4-8-12(10)14(11)13/h11H,2-9H2,1H3. The molecule has 0 aromatic heterocycles. The third kappa shape index (κ3) is 1.74. The number of allylic oxidation sites excluding steroid dienone is 3. The Morgan fingerprint density at radius 2 is 2.06 bits per heavy atom. The first-order valence-electron chi connectivity index (χ1n) is 6.84. The quantitative estimate of drug-likeness (QED) is 0.646. The van der Waals surface area contributed by atoms with E-state index in [1.54, 1.807) is 5.57 Å². The maximum absolute atomic E-state index is 11.9. The summed E-state index contributed by atoms with van der Waals surface area (Å²) >= 11 is 0. The van der Waals surface area contributed by atoms with Crippen LogP contribution < -0.4 is 0 Å². The van der Waals surface area contributed by atoms with E-state index in [1.165, 1.54) is 56.8 Å². The van der Waals surface area contributed by atoms with Gasteiger partial charge in [-0.3, -0.25) is 0 Å². The molecular weight excluding hydrogens is 212 g/mol. The van der Waals surface area contributed by atoms with E-state index in [0.29, 0.717) is 5.92 Å². The number of carbonyl (C=O) groups excluding carboxylic acids is 1. The number of hydrogen-bond acceptors (Lipinski definition) is 2. The Morgan fingerprint density at radius 3 is 2.88 bits per heavy atom. The highest BCUT2D eigenvalue weighted by Gasteiger charge is 2.36. The maximum Gasteiger partial charge on any atom is 0.334 e. The second-order valence-electron chi connectivity index (χ2n) is 5.47. The van der Waals surface area contributed by atoms with Gasteiger partial charge in [0.2, 0.25) is 0 Å². The van der Waals surface area contributed by atoms with Crippen molar-refractivity contribution in [2.24, 2.45) is 5.92 Å². The highest BCUT2D eigenvalue weighted by Crippen LogP contribution is 2.50. The highest BCUT2D eigenvalue weighted by atomic mass is 16.5. The summed E-state index contributed by atoms with van der Waals surface area (Å²) in [6.45, 7) is 0. The van der Waals surface area contributed by atoms with Crippen molar-refractivity contribution in [3.8, 4) is 0 Å². The van der Waals surface area contributed by atoms with Crippen LogP contribution in [0.1, 0.15) is 51.4 Å². The Bertz CT molecular complexity index is 415. The van der Waals surface area contributed by atoms with Gasteiger partial charge in [0.25, 0.3) is 0 Å². The number of methoxy groups -OCH3 is 1. The Balaban J connectivity index is 2.05. The number of fused-ring (bicyclic) bond motifs is 2. The zero-order valence-corrected chi connectivity index (χ0v) is 10.6. The lowest BCUT2D eigenvalue weighted by atomic mass is 9.89. The molecule has 0 spiro atoms. The van der Waals surface area contributed by atoms with Crippen molar-refractivity contribution in [2.75, 3.05) is 7.11 Å². The van der Waals surface area contributed by atoms with E-state index in [0.717, 1.165) is 18.4 Å². The number of ether oxygens (including phenoxy) is 1. The SMILES string of the molecule is COC(=O)C1=C2C3=C(CCC3)CC2CCCC1. The molecule has 0 aromatic carbocycles. The summed E-state index contributed by atoms with van der Waals surface area (Å²) in [5, 5.41) is 0. The monoisotopic (exact) mass is 232 g/mol. The van der Waals surface area contributed by atoms with Gasteiger partial charge in [0.1, 0.15) is 0 Å². The molecule has 17 heavy (non-hydrogen) atoms. The van der Waals surface area contributed by atoms with Gasteiger partial charge in [0.15, 0.2) is 0 Å². The molecule has 92 valence electrons. The molecule has 0 fully saturated rings. The van der Waals surface area contributed by atoms with Gasteiger partial charge >= 0.3 is 5.97 Å². The van der Waals surface area contributed by atoms with E-state index in [9.17, 15) is 4.79 Å². The third-order valence-electron chi connectivity index (χ3n) is 4.54. The van der Waals surface area contributed by atoms with Crippen LogP contribution in [0.3, 0.4) is 0 Å². The lowest BCUT2D eigenvalue weighted by Crippen LogP contribution is -2.10. The molecule has 2 heteroatoms. The summed E-state index contributed by atoms with van der Waals surface area (Å²) in [7, 11) is 1.51. The third-order valence-corrected chi connectivity index (χ3v) is 4.54. The van der Waals surface area contributed by atoms with Crippen molar-refractivity contribution in [2.45, 2.75) is 51.4 Å². The first-order chi connectivity index (χ1) is 8.31. The van der Waals surface area contributed by atoms with Gasteiger partial charge in [-0.05, 0) is 62.0 Å². The molecule has 0 heterocycles. The Hall–Kier alpha value is -1.05. The Kier molecular flexibility index (Phi) is 2.81. The second kappa shape index (κ2) is 4.32. The molecule has 3 rings (SSSR count). The summed E-state index contributed by atoms with van der Waals surface area (Å²) in [5.74, 6) is 0.560. The molecule has 3 aliphatic rings. The van der Waals surface area contributed by atoms with Gasteiger partial charge < -0.3 is 4.74 Å². The normalized spacial score (nSPS) is 27.9. The minimum Gasteiger partial charge on any atom is -0.466 e. The number of rotatable bonds is 1. The van der Waals surface area contributed by atoms with Gasteiger partial charge in [-0.1, -0.05) is 12.0 Å². The van der Waals surface area contributed by atoms with Crippen molar-refractivity contribution in [1.29, 1.82) is 0 Å². The number of hydrogen-bond donors (Lipinski definition) is 0. The Morgan fingerprint density at radius 1 is 1.18 bits per heavy atom. The summed E-state index contributed by atoms with van der Waals surface area (Å²) in [4.78, 5) is 11.9. The molecule has 0 bridgehead atoms. The average Bonchev–Trinajstić information content (AvgIpc) is 2.84. The molecule has 0 aliphatic heterocycles. The zero-order valence-electron chi connectivity index (χ0n) is 10.6. The number of carbonyl (C=O) groups is 1. The van der Waals surface area contributed by atoms with Crippen LogP contribution in [-0.4, -0.2) is 13.1 Å². The fraction of sp³-hybridized carbons (Fsp3) is 0.667. The minimum atomic E-state index is -0.0763. The molecule has 0 saturated carbocycles. The van der Waals surface area contributed by atoms with Crippen molar-refractivity contribution in [3.05, 3.63) is 22.3 Å². The highest BCUT2D eigenvalue weighted by molar-refractivity contribution is 5.90. The van der Waals surface area contributed by atoms with Crippen LogP contribution in [0.4, 0.5) is 0 Å². The molecule has 2 nitrogen and oxygen atoms in total. The lowest BCUT2D eigenvalue weighted by molar-refractivity contribution is -0.136. The largest absolute Gasteiger partial charge is 0.466 e. The van der Waals surface area contributed by atoms with E-state index in [2.05, 4.69) is 0 Å². The Labute approximate surface area is 103 Å². The predicted molar refractivity (Wildman–Crippen MR) is 66.5 cm³/mol. The fourth-order valence-electron chi connectivity index (χ4n) is 3.84. The summed E-state index contributed by atoms with van der Waals surface area (Å²) in [6, 6.07) is 0. The predicted octanol–water partition coefficient (Wildman–Crippen LogP) is 3.53. The van der Waals surface area contributed by atoms with Crippen LogP contribution in [0.5, 0.6) is 0 Å². The van der Waals surface area contributed by atoms with Gasteiger partial charge in [-0.15, -0.1) is 0 Å². The van der Waals surface area contributed by atoms with E-state index >= 15 is 0 Å². The second-order valence-corrected chi connectivity index (χ2v) is 5.47. The number of esters is 1. The smallest absolute Gasteiger partial charge is 0.334 e. The minimum absolute atomic E-state index is 0.0763. The van der Waals surface area contributed by atoms with Crippen molar-refractivity contribution < 1.29 is 9.53 Å². The molecule has 0 saturated heterocycles. The van der Waals surface area contributed by atoms with E-state index < -0.39 is 0 Å². The molecule has 1 unspecified atom stereocenters. The first-order valence-corrected chi connectivity index (χ1v) is 6.84. The first kappa shape index (κ1) is 11.1. The van der Waals surface area contributed by atoms with Crippen molar-refractivity contribution >= 4 is 5.97 Å². The van der Waals surface area contributed by atoms with Crippen LogP contribution in [0.15, 0.2) is 22.3 Å². The molecular formula is C15H20O2. The average molecular weight is 232 g/mol. The van der Waals surface area contributed by atoms with Crippen LogP contribution in [0.2, 0.25) is 0 Å².